The highest BCUT2D eigenvalue weighted by Gasteiger charge is 2.31. The summed E-state index contributed by atoms with van der Waals surface area (Å²) in [6.07, 6.45) is -4.54. The summed E-state index contributed by atoms with van der Waals surface area (Å²) in [5, 5.41) is 13.7. The van der Waals surface area contributed by atoms with Crippen molar-refractivity contribution in [1.29, 1.82) is 0 Å². The van der Waals surface area contributed by atoms with E-state index < -0.39 is 30.0 Å². The molecule has 0 radical (unpaired) electrons. The van der Waals surface area contributed by atoms with E-state index in [0.29, 0.717) is 11.5 Å². The molecule has 0 atom stereocenters. The Morgan fingerprint density at radius 1 is 1.04 bits per heavy atom. The number of rotatable bonds is 3. The molecule has 0 aliphatic heterocycles. The molecule has 126 valence electrons. The minimum absolute atomic E-state index is 0.0719. The summed E-state index contributed by atoms with van der Waals surface area (Å²) in [6, 6.07) is 5.95. The Morgan fingerprint density at radius 2 is 1.79 bits per heavy atom. The first kappa shape index (κ1) is 16.4. The Labute approximate surface area is 132 Å². The van der Waals surface area contributed by atoms with E-state index in [2.05, 4.69) is 5.10 Å². The lowest BCUT2D eigenvalue weighted by molar-refractivity contribution is -0.137. The van der Waals surface area contributed by atoms with Gasteiger partial charge >= 0.3 is 6.18 Å². The van der Waals surface area contributed by atoms with Gasteiger partial charge in [0.25, 0.3) is 0 Å². The summed E-state index contributed by atoms with van der Waals surface area (Å²) in [4.78, 5) is 0. The van der Waals surface area contributed by atoms with Gasteiger partial charge in [-0.15, -0.1) is 0 Å². The van der Waals surface area contributed by atoms with Crippen molar-refractivity contribution in [3.8, 4) is 0 Å². The molecular formula is C16H11F5N2O. The van der Waals surface area contributed by atoms with Crippen molar-refractivity contribution in [2.24, 2.45) is 0 Å². The minimum Gasteiger partial charge on any atom is -0.390 e. The molecule has 1 heterocycles. The summed E-state index contributed by atoms with van der Waals surface area (Å²) in [5.41, 5.74) is -0.512. The van der Waals surface area contributed by atoms with E-state index in [1.54, 1.807) is 0 Å². The van der Waals surface area contributed by atoms with Crippen LogP contribution in [0.5, 0.6) is 0 Å². The van der Waals surface area contributed by atoms with Crippen LogP contribution in [0, 0.1) is 11.6 Å². The van der Waals surface area contributed by atoms with Crippen LogP contribution < -0.4 is 0 Å². The van der Waals surface area contributed by atoms with E-state index in [1.807, 2.05) is 0 Å². The number of nitrogens with zero attached hydrogens (tertiary/aromatic N) is 2. The van der Waals surface area contributed by atoms with Gasteiger partial charge in [0.15, 0.2) is 0 Å². The van der Waals surface area contributed by atoms with E-state index >= 15 is 0 Å². The molecule has 0 amide bonds. The molecule has 0 bridgehead atoms. The van der Waals surface area contributed by atoms with Gasteiger partial charge in [-0.05, 0) is 18.2 Å². The van der Waals surface area contributed by atoms with Crippen molar-refractivity contribution in [2.75, 3.05) is 0 Å². The van der Waals surface area contributed by atoms with Gasteiger partial charge in [-0.2, -0.15) is 18.3 Å². The molecule has 3 rings (SSSR count). The number of fused-ring (bicyclic) bond motifs is 1. The molecule has 8 heteroatoms. The maximum Gasteiger partial charge on any atom is 0.416 e. The third kappa shape index (κ3) is 2.96. The number of alkyl halides is 3. The topological polar surface area (TPSA) is 38.1 Å². The van der Waals surface area contributed by atoms with Crippen molar-refractivity contribution >= 4 is 10.9 Å². The zero-order chi connectivity index (χ0) is 17.5. The third-order valence-electron chi connectivity index (χ3n) is 3.64. The monoisotopic (exact) mass is 342 g/mol. The van der Waals surface area contributed by atoms with Gasteiger partial charge in [0.05, 0.1) is 29.9 Å². The molecule has 0 unspecified atom stereocenters. The van der Waals surface area contributed by atoms with Gasteiger partial charge < -0.3 is 5.11 Å². The van der Waals surface area contributed by atoms with Crippen LogP contribution in [0.3, 0.4) is 0 Å². The van der Waals surface area contributed by atoms with Crippen LogP contribution in [-0.4, -0.2) is 14.9 Å². The molecule has 3 aromatic rings. The van der Waals surface area contributed by atoms with E-state index in [9.17, 15) is 27.1 Å². The zero-order valence-corrected chi connectivity index (χ0v) is 12.1. The van der Waals surface area contributed by atoms with Gasteiger partial charge in [-0.25, -0.2) is 8.78 Å². The minimum atomic E-state index is -4.54. The average molecular weight is 342 g/mol. The predicted octanol–water partition coefficient (Wildman–Crippen LogP) is 3.87. The lowest BCUT2D eigenvalue weighted by atomic mass is 10.1. The van der Waals surface area contributed by atoms with Crippen molar-refractivity contribution in [3.05, 3.63) is 64.9 Å². The molecular weight excluding hydrogens is 331 g/mol. The smallest absolute Gasteiger partial charge is 0.390 e. The maximum absolute atomic E-state index is 13.8. The van der Waals surface area contributed by atoms with Crippen molar-refractivity contribution in [3.63, 3.8) is 0 Å². The SMILES string of the molecule is OCc1nn(Cc2ccc(F)cc2F)c2cc(C(F)(F)F)ccc12. The van der Waals surface area contributed by atoms with Crippen molar-refractivity contribution < 1.29 is 27.1 Å². The Morgan fingerprint density at radius 3 is 2.42 bits per heavy atom. The molecule has 2 aromatic carbocycles. The fraction of sp³-hybridized carbons (Fsp3) is 0.188. The van der Waals surface area contributed by atoms with Gasteiger partial charge in [0.1, 0.15) is 11.6 Å². The van der Waals surface area contributed by atoms with Gasteiger partial charge in [0, 0.05) is 17.0 Å². The average Bonchev–Trinajstić information content (AvgIpc) is 2.86. The van der Waals surface area contributed by atoms with Crippen molar-refractivity contribution in [2.45, 2.75) is 19.3 Å². The van der Waals surface area contributed by atoms with Crippen LogP contribution >= 0.6 is 0 Å². The van der Waals surface area contributed by atoms with E-state index in [1.165, 1.54) is 12.1 Å². The Balaban J connectivity index is 2.12. The summed E-state index contributed by atoms with van der Waals surface area (Å²) < 4.78 is 66.6. The Kier molecular flexibility index (Phi) is 4.00. The molecule has 24 heavy (non-hydrogen) atoms. The van der Waals surface area contributed by atoms with Crippen LogP contribution in [-0.2, 0) is 19.3 Å². The number of halogens is 5. The molecule has 0 saturated heterocycles. The first-order valence-corrected chi connectivity index (χ1v) is 6.91. The first-order chi connectivity index (χ1) is 11.3. The van der Waals surface area contributed by atoms with E-state index in [0.717, 1.165) is 22.9 Å². The van der Waals surface area contributed by atoms with Crippen LogP contribution in [0.4, 0.5) is 22.0 Å². The molecule has 3 nitrogen and oxygen atoms in total. The highest BCUT2D eigenvalue weighted by Crippen LogP contribution is 2.32. The largest absolute Gasteiger partial charge is 0.416 e. The van der Waals surface area contributed by atoms with E-state index in [-0.39, 0.29) is 23.3 Å². The number of hydrogen-bond acceptors (Lipinski definition) is 2. The quantitative estimate of drug-likeness (QED) is 0.734. The standard InChI is InChI=1S/C16H11F5N2O/c17-11-3-1-9(13(18)6-11)7-23-15-5-10(16(19,20)21)2-4-12(15)14(8-24)22-23/h1-6,24H,7-8H2. The van der Waals surface area contributed by atoms with Gasteiger partial charge in [0.2, 0.25) is 0 Å². The molecule has 0 spiro atoms. The van der Waals surface area contributed by atoms with Crippen LogP contribution in [0.2, 0.25) is 0 Å². The van der Waals surface area contributed by atoms with E-state index in [4.69, 9.17) is 0 Å². The molecule has 1 aromatic heterocycles. The molecule has 1 N–H and O–H groups in total. The lowest BCUT2D eigenvalue weighted by Crippen LogP contribution is -2.07. The molecule has 0 aliphatic carbocycles. The lowest BCUT2D eigenvalue weighted by Gasteiger charge is -2.09. The number of aromatic nitrogens is 2. The first-order valence-electron chi connectivity index (χ1n) is 6.91. The van der Waals surface area contributed by atoms with Crippen LogP contribution in [0.15, 0.2) is 36.4 Å². The second-order valence-electron chi connectivity index (χ2n) is 5.23. The van der Waals surface area contributed by atoms with Gasteiger partial charge in [-0.3, -0.25) is 4.68 Å². The normalized spacial score (nSPS) is 12.1. The van der Waals surface area contributed by atoms with Gasteiger partial charge in [-0.1, -0.05) is 12.1 Å². The maximum atomic E-state index is 13.8. The van der Waals surface area contributed by atoms with Crippen LogP contribution in [0.25, 0.3) is 10.9 Å². The number of hydrogen-bond donors (Lipinski definition) is 1. The Bertz CT molecular complexity index is 901. The van der Waals surface area contributed by atoms with Crippen LogP contribution in [0.1, 0.15) is 16.8 Å². The Hall–Kier alpha value is -2.48. The summed E-state index contributed by atoms with van der Waals surface area (Å²) >= 11 is 0. The highest BCUT2D eigenvalue weighted by atomic mass is 19.4. The second-order valence-corrected chi connectivity index (χ2v) is 5.23. The third-order valence-corrected chi connectivity index (χ3v) is 3.64. The summed E-state index contributed by atoms with van der Waals surface area (Å²) in [5.74, 6) is -1.58. The second kappa shape index (κ2) is 5.86. The zero-order valence-electron chi connectivity index (χ0n) is 12.1. The number of aliphatic hydroxyl groups excluding tert-OH is 1. The summed E-state index contributed by atoms with van der Waals surface area (Å²) in [7, 11) is 0. The fourth-order valence-electron chi connectivity index (χ4n) is 2.47. The predicted molar refractivity (Wildman–Crippen MR) is 76.1 cm³/mol. The van der Waals surface area contributed by atoms with Crippen molar-refractivity contribution in [1.82, 2.24) is 9.78 Å². The fourth-order valence-corrected chi connectivity index (χ4v) is 2.47. The number of aliphatic hydroxyl groups is 1. The summed E-state index contributed by atoms with van der Waals surface area (Å²) in [6.45, 7) is -0.662. The molecule has 0 fully saturated rings. The number of benzene rings is 2. The highest BCUT2D eigenvalue weighted by molar-refractivity contribution is 5.82. The molecule has 0 saturated carbocycles. The molecule has 0 aliphatic rings.